The predicted molar refractivity (Wildman–Crippen MR) is 87.1 cm³/mol. The van der Waals surface area contributed by atoms with Crippen LogP contribution in [0.4, 0.5) is 5.69 Å². The van der Waals surface area contributed by atoms with Crippen LogP contribution in [-0.4, -0.2) is 47.6 Å². The molecule has 4 atom stereocenters. The molecule has 0 bridgehead atoms. The molecule has 1 N–H and O–H groups in total. The van der Waals surface area contributed by atoms with Crippen molar-refractivity contribution in [3.05, 3.63) is 39.9 Å². The van der Waals surface area contributed by atoms with Crippen LogP contribution in [0.2, 0.25) is 0 Å². The van der Waals surface area contributed by atoms with Crippen molar-refractivity contribution in [2.75, 3.05) is 14.2 Å². The van der Waals surface area contributed by atoms with Crippen molar-refractivity contribution in [2.45, 2.75) is 24.9 Å². The van der Waals surface area contributed by atoms with Crippen LogP contribution in [0, 0.1) is 22.0 Å². The highest BCUT2D eigenvalue weighted by Crippen LogP contribution is 2.46. The van der Waals surface area contributed by atoms with Gasteiger partial charge >= 0.3 is 11.9 Å². The number of Topliss-reactive ketones (excluding diaryl/α,β-unsaturated/α-hetero) is 1. The maximum absolute atomic E-state index is 12.5. The van der Waals surface area contributed by atoms with Crippen LogP contribution in [0.15, 0.2) is 24.3 Å². The number of rotatable bonds is 4. The van der Waals surface area contributed by atoms with Gasteiger partial charge in [-0.1, -0.05) is 12.1 Å². The van der Waals surface area contributed by atoms with Crippen molar-refractivity contribution < 1.29 is 33.9 Å². The van der Waals surface area contributed by atoms with Gasteiger partial charge in [0, 0.05) is 24.5 Å². The Hall–Kier alpha value is -2.81. The van der Waals surface area contributed by atoms with E-state index in [0.29, 0.717) is 5.56 Å². The number of nitro benzene ring substituents is 1. The van der Waals surface area contributed by atoms with Crippen LogP contribution >= 0.6 is 0 Å². The number of nitro groups is 1. The lowest BCUT2D eigenvalue weighted by Gasteiger charge is -2.43. The maximum atomic E-state index is 12.5. The topological polar surface area (TPSA) is 133 Å². The normalized spacial score (nSPS) is 28.3. The fourth-order valence-corrected chi connectivity index (χ4v) is 3.49. The van der Waals surface area contributed by atoms with Gasteiger partial charge in [0.2, 0.25) is 0 Å². The molecule has 1 aliphatic carbocycles. The molecule has 9 nitrogen and oxygen atoms in total. The average molecular weight is 365 g/mol. The first-order valence-electron chi connectivity index (χ1n) is 7.79. The van der Waals surface area contributed by atoms with Gasteiger partial charge in [-0.2, -0.15) is 0 Å². The predicted octanol–water partition coefficient (Wildman–Crippen LogP) is 0.981. The zero-order chi connectivity index (χ0) is 19.6. The second-order valence-electron chi connectivity index (χ2n) is 6.38. The second-order valence-corrected chi connectivity index (χ2v) is 6.38. The number of esters is 2. The molecule has 0 spiro atoms. The number of benzene rings is 1. The molecular weight excluding hydrogens is 346 g/mol. The highest BCUT2D eigenvalue weighted by molar-refractivity contribution is 6.02. The molecule has 1 fully saturated rings. The Labute approximate surface area is 149 Å². The van der Waals surface area contributed by atoms with Crippen molar-refractivity contribution in [1.29, 1.82) is 0 Å². The number of hydrogen-bond acceptors (Lipinski definition) is 8. The Morgan fingerprint density at radius 1 is 1.19 bits per heavy atom. The quantitative estimate of drug-likeness (QED) is 0.361. The highest BCUT2D eigenvalue weighted by atomic mass is 16.6. The van der Waals surface area contributed by atoms with E-state index in [1.165, 1.54) is 31.2 Å². The third-order valence-electron chi connectivity index (χ3n) is 4.67. The Bertz CT molecular complexity index is 740. The number of carbonyl (C=O) groups excluding carboxylic acids is 3. The number of ether oxygens (including phenoxy) is 2. The molecule has 0 saturated heterocycles. The molecule has 1 saturated carbocycles. The molecule has 1 aromatic carbocycles. The largest absolute Gasteiger partial charge is 0.469 e. The zero-order valence-electron chi connectivity index (χ0n) is 14.5. The molecule has 0 aromatic heterocycles. The summed E-state index contributed by atoms with van der Waals surface area (Å²) in [7, 11) is 2.25. The summed E-state index contributed by atoms with van der Waals surface area (Å²) in [5.74, 6) is -5.85. The van der Waals surface area contributed by atoms with Gasteiger partial charge in [0.05, 0.1) is 30.7 Å². The van der Waals surface area contributed by atoms with Crippen molar-refractivity contribution in [3.8, 4) is 0 Å². The van der Waals surface area contributed by atoms with E-state index in [0.717, 1.165) is 14.2 Å². The van der Waals surface area contributed by atoms with Crippen LogP contribution in [0.3, 0.4) is 0 Å². The van der Waals surface area contributed by atoms with Crippen LogP contribution in [0.25, 0.3) is 0 Å². The lowest BCUT2D eigenvalue weighted by Crippen LogP contribution is -2.55. The third kappa shape index (κ3) is 3.43. The minimum Gasteiger partial charge on any atom is -0.469 e. The van der Waals surface area contributed by atoms with Crippen molar-refractivity contribution in [2.24, 2.45) is 11.8 Å². The molecule has 0 heterocycles. The number of non-ortho nitro benzene ring substituents is 1. The summed E-state index contributed by atoms with van der Waals surface area (Å²) in [6, 6.07) is 5.10. The van der Waals surface area contributed by atoms with Gasteiger partial charge in [0.15, 0.2) is 5.78 Å². The lowest BCUT2D eigenvalue weighted by molar-refractivity contribution is -0.384. The minimum absolute atomic E-state index is 0.188. The van der Waals surface area contributed by atoms with E-state index in [2.05, 4.69) is 0 Å². The van der Waals surface area contributed by atoms with Gasteiger partial charge in [-0.25, -0.2) is 0 Å². The molecule has 0 aliphatic heterocycles. The first-order valence-corrected chi connectivity index (χ1v) is 7.79. The summed E-state index contributed by atoms with van der Waals surface area (Å²) < 4.78 is 9.47. The summed E-state index contributed by atoms with van der Waals surface area (Å²) in [5.41, 5.74) is -1.62. The van der Waals surface area contributed by atoms with Crippen LogP contribution < -0.4 is 0 Å². The van der Waals surface area contributed by atoms with Crippen molar-refractivity contribution in [3.63, 3.8) is 0 Å². The molecule has 140 valence electrons. The SMILES string of the molecule is COC(=O)[C@H]1C(=O)C[C@](C)(O)[C@@H](C(=O)OC)[C@@H]1c1ccc([N+](=O)[O-])cc1. The number of ketones is 1. The van der Waals surface area contributed by atoms with E-state index in [-0.39, 0.29) is 5.69 Å². The van der Waals surface area contributed by atoms with Crippen molar-refractivity contribution >= 4 is 23.4 Å². The van der Waals surface area contributed by atoms with E-state index in [1.54, 1.807) is 0 Å². The van der Waals surface area contributed by atoms with Crippen molar-refractivity contribution in [1.82, 2.24) is 0 Å². The molecule has 0 radical (unpaired) electrons. The third-order valence-corrected chi connectivity index (χ3v) is 4.67. The first kappa shape index (κ1) is 19.5. The molecule has 26 heavy (non-hydrogen) atoms. The Morgan fingerprint density at radius 3 is 2.19 bits per heavy atom. The lowest BCUT2D eigenvalue weighted by atomic mass is 9.62. The van der Waals surface area contributed by atoms with E-state index >= 15 is 0 Å². The fraction of sp³-hybridized carbons (Fsp3) is 0.471. The monoisotopic (exact) mass is 365 g/mol. The summed E-state index contributed by atoms with van der Waals surface area (Å²) in [6.45, 7) is 1.32. The molecule has 0 unspecified atom stereocenters. The van der Waals surface area contributed by atoms with Crippen LogP contribution in [0.1, 0.15) is 24.8 Å². The second kappa shape index (κ2) is 7.20. The number of nitrogens with zero attached hydrogens (tertiary/aromatic N) is 1. The Balaban J connectivity index is 2.62. The highest BCUT2D eigenvalue weighted by Gasteiger charge is 2.56. The Kier molecular flexibility index (Phi) is 5.41. The molecule has 2 rings (SSSR count). The molecule has 1 aliphatic rings. The van der Waals surface area contributed by atoms with Gasteiger partial charge in [-0.05, 0) is 12.5 Å². The van der Waals surface area contributed by atoms with E-state index in [1.807, 2.05) is 0 Å². The maximum Gasteiger partial charge on any atom is 0.316 e. The first-order chi connectivity index (χ1) is 12.1. The summed E-state index contributed by atoms with van der Waals surface area (Å²) in [5, 5.41) is 21.5. The summed E-state index contributed by atoms with van der Waals surface area (Å²) >= 11 is 0. The van der Waals surface area contributed by atoms with E-state index in [4.69, 9.17) is 9.47 Å². The van der Waals surface area contributed by atoms with Gasteiger partial charge < -0.3 is 14.6 Å². The van der Waals surface area contributed by atoms with Crippen LogP contribution in [0.5, 0.6) is 0 Å². The molecule has 9 heteroatoms. The smallest absolute Gasteiger partial charge is 0.316 e. The van der Waals surface area contributed by atoms with E-state index < -0.39 is 52.4 Å². The molecular formula is C17H19NO8. The zero-order valence-corrected chi connectivity index (χ0v) is 14.5. The molecule has 0 amide bonds. The van der Waals surface area contributed by atoms with Gasteiger partial charge in [-0.15, -0.1) is 0 Å². The number of hydrogen-bond donors (Lipinski definition) is 1. The van der Waals surface area contributed by atoms with E-state index in [9.17, 15) is 29.6 Å². The van der Waals surface area contributed by atoms with Crippen LogP contribution in [-0.2, 0) is 23.9 Å². The fourth-order valence-electron chi connectivity index (χ4n) is 3.49. The van der Waals surface area contributed by atoms with Gasteiger partial charge in [0.25, 0.3) is 5.69 Å². The number of methoxy groups -OCH3 is 2. The standard InChI is InChI=1S/C17H19NO8/c1-17(22)8-11(19)13(15(20)25-2)12(14(17)16(21)26-3)9-4-6-10(7-5-9)18(23)24/h4-7,12-14,22H,8H2,1-3H3/t12-,13+,14-,17+/m1/s1. The Morgan fingerprint density at radius 2 is 1.73 bits per heavy atom. The number of carbonyl (C=O) groups is 3. The minimum atomic E-state index is -1.75. The number of aliphatic hydroxyl groups is 1. The average Bonchev–Trinajstić information content (AvgIpc) is 2.59. The molecule has 1 aromatic rings. The van der Waals surface area contributed by atoms with Gasteiger partial charge in [0.1, 0.15) is 5.92 Å². The summed E-state index contributed by atoms with van der Waals surface area (Å²) in [6.07, 6.45) is -0.421. The van der Waals surface area contributed by atoms with Gasteiger partial charge in [-0.3, -0.25) is 24.5 Å². The summed E-state index contributed by atoms with van der Waals surface area (Å²) in [4.78, 5) is 47.3.